The number of aliphatic hydroxyl groups is 1. The first-order chi connectivity index (χ1) is 8.19. The van der Waals surface area contributed by atoms with Gasteiger partial charge >= 0.3 is 0 Å². The highest BCUT2D eigenvalue weighted by molar-refractivity contribution is 7.99. The van der Waals surface area contributed by atoms with Crippen molar-refractivity contribution in [2.45, 2.75) is 25.0 Å². The van der Waals surface area contributed by atoms with E-state index in [1.807, 2.05) is 4.90 Å². The van der Waals surface area contributed by atoms with Crippen molar-refractivity contribution < 1.29 is 9.90 Å². The highest BCUT2D eigenvalue weighted by atomic mass is 32.2. The van der Waals surface area contributed by atoms with Crippen molar-refractivity contribution >= 4 is 29.0 Å². The lowest BCUT2D eigenvalue weighted by Gasteiger charge is -2.32. The van der Waals surface area contributed by atoms with Crippen LogP contribution in [0.25, 0.3) is 0 Å². The molecule has 1 atom stereocenters. The van der Waals surface area contributed by atoms with Crippen molar-refractivity contribution in [3.05, 3.63) is 21.9 Å². The van der Waals surface area contributed by atoms with Crippen LogP contribution in [0.3, 0.4) is 0 Å². The van der Waals surface area contributed by atoms with E-state index in [0.29, 0.717) is 18.7 Å². The number of fused-ring (bicyclic) bond motifs is 1. The second kappa shape index (κ2) is 4.30. The first-order valence-corrected chi connectivity index (χ1v) is 7.87. The Kier molecular flexibility index (Phi) is 2.92. The van der Waals surface area contributed by atoms with Crippen LogP contribution in [0, 0.1) is 0 Å². The molecule has 1 unspecified atom stereocenters. The molecule has 0 saturated carbocycles. The maximum atomic E-state index is 12.3. The zero-order valence-corrected chi connectivity index (χ0v) is 11.1. The number of carbonyl (C=O) groups excluding carboxylic acids is 1. The second-order valence-corrected chi connectivity index (χ2v) is 6.79. The number of carbonyl (C=O) groups is 1. The minimum atomic E-state index is -1.10. The third-order valence-electron chi connectivity index (χ3n) is 3.49. The number of hydrogen-bond acceptors (Lipinski definition) is 4. The van der Waals surface area contributed by atoms with E-state index in [1.165, 1.54) is 10.4 Å². The lowest BCUT2D eigenvalue weighted by Crippen LogP contribution is -2.50. The molecule has 0 aromatic carbocycles. The summed E-state index contributed by atoms with van der Waals surface area (Å²) in [6.45, 7) is 1.42. The number of thioether (sulfide) groups is 1. The van der Waals surface area contributed by atoms with Crippen molar-refractivity contribution in [2.75, 3.05) is 18.1 Å². The zero-order valence-electron chi connectivity index (χ0n) is 9.52. The van der Waals surface area contributed by atoms with Gasteiger partial charge in [0.1, 0.15) is 0 Å². The van der Waals surface area contributed by atoms with Crippen LogP contribution in [-0.4, -0.2) is 39.6 Å². The fourth-order valence-electron chi connectivity index (χ4n) is 2.44. The van der Waals surface area contributed by atoms with Gasteiger partial charge in [-0.2, -0.15) is 11.8 Å². The van der Waals surface area contributed by atoms with Gasteiger partial charge in [0.2, 0.25) is 0 Å². The van der Waals surface area contributed by atoms with Gasteiger partial charge in [0.25, 0.3) is 5.91 Å². The topological polar surface area (TPSA) is 40.5 Å². The Balaban J connectivity index is 1.76. The smallest absolute Gasteiger partial charge is 0.255 e. The van der Waals surface area contributed by atoms with Crippen LogP contribution in [0.1, 0.15) is 16.9 Å². The molecule has 0 radical (unpaired) electrons. The molecule has 0 bridgehead atoms. The van der Waals surface area contributed by atoms with E-state index < -0.39 is 5.60 Å². The van der Waals surface area contributed by atoms with Gasteiger partial charge < -0.3 is 10.0 Å². The van der Waals surface area contributed by atoms with Gasteiger partial charge in [-0.15, -0.1) is 11.3 Å². The summed E-state index contributed by atoms with van der Waals surface area (Å²) in [7, 11) is 0. The lowest BCUT2D eigenvalue weighted by atomic mass is 10.00. The molecule has 1 fully saturated rings. The van der Waals surface area contributed by atoms with Crippen LogP contribution in [0.5, 0.6) is 0 Å². The molecular weight excluding hydrogens is 254 g/mol. The van der Waals surface area contributed by atoms with Crippen LogP contribution in [-0.2, 0) is 17.8 Å². The van der Waals surface area contributed by atoms with Crippen LogP contribution < -0.4 is 0 Å². The lowest BCUT2D eigenvalue weighted by molar-refractivity contribution is -0.149. The Bertz CT molecular complexity index is 437. The van der Waals surface area contributed by atoms with Gasteiger partial charge in [0.05, 0.1) is 0 Å². The Morgan fingerprint density at radius 1 is 1.53 bits per heavy atom. The maximum absolute atomic E-state index is 12.3. The molecule has 0 aliphatic carbocycles. The molecule has 3 rings (SSSR count). The van der Waals surface area contributed by atoms with E-state index in [4.69, 9.17) is 0 Å². The van der Waals surface area contributed by atoms with Crippen molar-refractivity contribution in [3.8, 4) is 0 Å². The van der Waals surface area contributed by atoms with Crippen LogP contribution in [0.2, 0.25) is 0 Å². The Hall–Kier alpha value is -0.520. The first kappa shape index (κ1) is 11.6. The quantitative estimate of drug-likeness (QED) is 0.840. The molecule has 3 nitrogen and oxygen atoms in total. The molecule has 3 heterocycles. The Labute approximate surface area is 109 Å². The molecule has 1 saturated heterocycles. The SMILES string of the molecule is O=C(N1CCc2sccc2C1)C1(O)CCSC1. The minimum Gasteiger partial charge on any atom is -0.379 e. The Morgan fingerprint density at radius 2 is 2.41 bits per heavy atom. The number of amides is 1. The summed E-state index contributed by atoms with van der Waals surface area (Å²) in [5.74, 6) is 1.37. The van der Waals surface area contributed by atoms with Crippen LogP contribution in [0.4, 0.5) is 0 Å². The largest absolute Gasteiger partial charge is 0.379 e. The molecule has 1 aromatic rings. The van der Waals surface area contributed by atoms with Gasteiger partial charge in [0, 0.05) is 23.7 Å². The third-order valence-corrected chi connectivity index (χ3v) is 5.69. The molecule has 2 aliphatic heterocycles. The molecule has 0 spiro atoms. The van der Waals surface area contributed by atoms with Gasteiger partial charge in [-0.05, 0) is 35.6 Å². The van der Waals surface area contributed by atoms with Gasteiger partial charge in [0.15, 0.2) is 5.60 Å². The minimum absolute atomic E-state index is 0.0700. The van der Waals surface area contributed by atoms with Crippen molar-refractivity contribution in [3.63, 3.8) is 0 Å². The standard InChI is InChI=1S/C12H15NO2S2/c14-11(12(15)3-6-16-8-12)13-4-1-10-9(7-13)2-5-17-10/h2,5,15H,1,3-4,6-8H2. The molecule has 5 heteroatoms. The van der Waals surface area contributed by atoms with Crippen molar-refractivity contribution in [2.24, 2.45) is 0 Å². The monoisotopic (exact) mass is 269 g/mol. The number of thiophene rings is 1. The van der Waals surface area contributed by atoms with E-state index in [1.54, 1.807) is 23.1 Å². The average Bonchev–Trinajstić information content (AvgIpc) is 2.96. The fourth-order valence-corrected chi connectivity index (χ4v) is 4.56. The second-order valence-electron chi connectivity index (χ2n) is 4.68. The molecule has 2 aliphatic rings. The maximum Gasteiger partial charge on any atom is 0.255 e. The first-order valence-electron chi connectivity index (χ1n) is 5.84. The van der Waals surface area contributed by atoms with E-state index in [-0.39, 0.29) is 5.91 Å². The summed E-state index contributed by atoms with van der Waals surface area (Å²) in [4.78, 5) is 15.5. The summed E-state index contributed by atoms with van der Waals surface area (Å²) in [6, 6.07) is 2.09. The normalized spacial score (nSPS) is 28.2. The highest BCUT2D eigenvalue weighted by Crippen LogP contribution is 2.32. The van der Waals surface area contributed by atoms with Gasteiger partial charge in [-0.25, -0.2) is 0 Å². The zero-order chi connectivity index (χ0) is 11.9. The fraction of sp³-hybridized carbons (Fsp3) is 0.583. The number of hydrogen-bond donors (Lipinski definition) is 1. The molecule has 1 aromatic heterocycles. The number of nitrogens with zero attached hydrogens (tertiary/aromatic N) is 1. The molecule has 1 amide bonds. The summed E-state index contributed by atoms with van der Waals surface area (Å²) in [6.07, 6.45) is 1.53. The van der Waals surface area contributed by atoms with E-state index >= 15 is 0 Å². The molecule has 92 valence electrons. The third kappa shape index (κ3) is 2.00. The van der Waals surface area contributed by atoms with E-state index in [9.17, 15) is 9.90 Å². The van der Waals surface area contributed by atoms with E-state index in [2.05, 4.69) is 11.4 Å². The van der Waals surface area contributed by atoms with E-state index in [0.717, 1.165) is 18.7 Å². The van der Waals surface area contributed by atoms with Crippen LogP contribution in [0.15, 0.2) is 11.4 Å². The predicted octanol–water partition coefficient (Wildman–Crippen LogP) is 1.50. The number of rotatable bonds is 1. The summed E-state index contributed by atoms with van der Waals surface area (Å²) >= 11 is 3.43. The summed E-state index contributed by atoms with van der Waals surface area (Å²) < 4.78 is 0. The predicted molar refractivity (Wildman–Crippen MR) is 70.3 cm³/mol. The van der Waals surface area contributed by atoms with Gasteiger partial charge in [-0.3, -0.25) is 4.79 Å². The molecule has 1 N–H and O–H groups in total. The van der Waals surface area contributed by atoms with Gasteiger partial charge in [-0.1, -0.05) is 0 Å². The Morgan fingerprint density at radius 3 is 3.18 bits per heavy atom. The molecular formula is C12H15NO2S2. The van der Waals surface area contributed by atoms with Crippen molar-refractivity contribution in [1.29, 1.82) is 0 Å². The van der Waals surface area contributed by atoms with Crippen LogP contribution >= 0.6 is 23.1 Å². The molecule has 17 heavy (non-hydrogen) atoms. The summed E-state index contributed by atoms with van der Waals surface area (Å²) in [5, 5.41) is 12.4. The highest BCUT2D eigenvalue weighted by Gasteiger charge is 2.42. The summed E-state index contributed by atoms with van der Waals surface area (Å²) in [5.41, 5.74) is 0.155. The van der Waals surface area contributed by atoms with Crippen molar-refractivity contribution in [1.82, 2.24) is 4.90 Å². The average molecular weight is 269 g/mol.